The van der Waals surface area contributed by atoms with E-state index in [4.69, 9.17) is 0 Å². The summed E-state index contributed by atoms with van der Waals surface area (Å²) in [6.45, 7) is 9.69. The number of hydrogen-bond donors (Lipinski definition) is 3. The highest BCUT2D eigenvalue weighted by Crippen LogP contribution is 2.18. The van der Waals surface area contributed by atoms with Crippen molar-refractivity contribution in [1.82, 2.24) is 4.72 Å². The molecule has 0 aliphatic carbocycles. The monoisotopic (exact) mass is 418 g/mol. The lowest BCUT2D eigenvalue weighted by Crippen LogP contribution is -2.93. The van der Waals surface area contributed by atoms with Gasteiger partial charge in [0.2, 0.25) is 10.0 Å². The number of anilines is 1. The van der Waals surface area contributed by atoms with Crippen LogP contribution in [0.5, 0.6) is 0 Å². The summed E-state index contributed by atoms with van der Waals surface area (Å²) in [6.07, 6.45) is 0. The van der Waals surface area contributed by atoms with Crippen molar-refractivity contribution in [2.75, 3.05) is 5.32 Å². The van der Waals surface area contributed by atoms with Crippen LogP contribution in [0.3, 0.4) is 0 Å². The zero-order valence-corrected chi connectivity index (χ0v) is 18.5. The summed E-state index contributed by atoms with van der Waals surface area (Å²) in [6, 6.07) is 16.1. The maximum Gasteiger partial charge on any atom is 0.282 e. The SMILES string of the molecule is CC(C)NS(=O)(=O)c1ccc(NC(=O)[C@H](C)[NH2+][C@@H](c2ccccc2)C(C)C)cc1. The Hall–Kier alpha value is -2.22. The first-order chi connectivity index (χ1) is 13.6. The Morgan fingerprint density at radius 3 is 2.00 bits per heavy atom. The van der Waals surface area contributed by atoms with Gasteiger partial charge in [-0.1, -0.05) is 44.2 Å². The number of quaternary nitrogens is 1. The van der Waals surface area contributed by atoms with E-state index in [1.165, 1.54) is 17.7 Å². The van der Waals surface area contributed by atoms with Gasteiger partial charge in [0.1, 0.15) is 6.04 Å². The number of carbonyl (C=O) groups excluding carboxylic acids is 1. The van der Waals surface area contributed by atoms with Gasteiger partial charge in [0, 0.05) is 23.2 Å². The third kappa shape index (κ3) is 6.66. The Morgan fingerprint density at radius 2 is 1.48 bits per heavy atom. The zero-order valence-electron chi connectivity index (χ0n) is 17.7. The van der Waals surface area contributed by atoms with Crippen molar-refractivity contribution in [2.45, 2.75) is 57.6 Å². The second-order valence-electron chi connectivity index (χ2n) is 7.95. The molecular weight excluding hydrogens is 386 g/mol. The highest BCUT2D eigenvalue weighted by atomic mass is 32.2. The summed E-state index contributed by atoms with van der Waals surface area (Å²) in [5.41, 5.74) is 1.76. The van der Waals surface area contributed by atoms with Gasteiger partial charge in [-0.25, -0.2) is 13.1 Å². The molecule has 0 saturated heterocycles. The Balaban J connectivity index is 2.03. The van der Waals surface area contributed by atoms with Crippen molar-refractivity contribution in [3.63, 3.8) is 0 Å². The Kier molecular flexibility index (Phi) is 7.96. The van der Waals surface area contributed by atoms with Crippen LogP contribution in [-0.2, 0) is 14.8 Å². The van der Waals surface area contributed by atoms with Crippen LogP contribution >= 0.6 is 0 Å². The first-order valence-corrected chi connectivity index (χ1v) is 11.4. The van der Waals surface area contributed by atoms with Crippen LogP contribution in [0, 0.1) is 5.92 Å². The van der Waals surface area contributed by atoms with E-state index in [1.54, 1.807) is 26.0 Å². The molecule has 0 unspecified atom stereocenters. The molecule has 0 spiro atoms. The molecule has 2 rings (SSSR count). The van der Waals surface area contributed by atoms with E-state index >= 15 is 0 Å². The van der Waals surface area contributed by atoms with Crippen molar-refractivity contribution >= 4 is 21.6 Å². The molecule has 0 aliphatic heterocycles. The number of amides is 1. The minimum atomic E-state index is -3.55. The second kappa shape index (κ2) is 10.0. The molecule has 1 amide bonds. The minimum absolute atomic E-state index is 0.123. The van der Waals surface area contributed by atoms with E-state index in [1.807, 2.05) is 25.1 Å². The van der Waals surface area contributed by atoms with Crippen molar-refractivity contribution in [1.29, 1.82) is 0 Å². The van der Waals surface area contributed by atoms with E-state index in [0.717, 1.165) is 0 Å². The molecule has 6 nitrogen and oxygen atoms in total. The third-order valence-corrected chi connectivity index (χ3v) is 6.31. The molecule has 2 atom stereocenters. The molecule has 29 heavy (non-hydrogen) atoms. The number of rotatable bonds is 9. The Morgan fingerprint density at radius 1 is 0.897 bits per heavy atom. The van der Waals surface area contributed by atoms with Crippen molar-refractivity contribution in [3.8, 4) is 0 Å². The standard InChI is InChI=1S/C22H31N3O3S/c1-15(2)21(18-9-7-6-8-10-18)23-17(5)22(26)24-19-11-13-20(14-12-19)29(27,28)25-16(3)4/h6-17,21,23,25H,1-5H3,(H,24,26)/p+1/t17-,21+/m0/s1. The number of hydrogen-bond acceptors (Lipinski definition) is 3. The lowest BCUT2D eigenvalue weighted by molar-refractivity contribution is -0.718. The van der Waals surface area contributed by atoms with E-state index in [0.29, 0.717) is 11.6 Å². The van der Waals surface area contributed by atoms with Gasteiger partial charge < -0.3 is 10.6 Å². The summed E-state index contributed by atoms with van der Waals surface area (Å²) >= 11 is 0. The number of nitrogens with two attached hydrogens (primary N) is 1. The van der Waals surface area contributed by atoms with Crippen LogP contribution in [0.1, 0.15) is 46.2 Å². The van der Waals surface area contributed by atoms with Crippen LogP contribution in [-0.4, -0.2) is 26.4 Å². The topological polar surface area (TPSA) is 91.9 Å². The lowest BCUT2D eigenvalue weighted by Gasteiger charge is -2.23. The van der Waals surface area contributed by atoms with Crippen LogP contribution in [0.15, 0.2) is 59.5 Å². The highest BCUT2D eigenvalue weighted by molar-refractivity contribution is 7.89. The van der Waals surface area contributed by atoms with E-state index in [9.17, 15) is 13.2 Å². The minimum Gasteiger partial charge on any atom is -0.330 e. The second-order valence-corrected chi connectivity index (χ2v) is 9.67. The first-order valence-electron chi connectivity index (χ1n) is 9.93. The molecule has 0 fully saturated rings. The fraction of sp³-hybridized carbons (Fsp3) is 0.409. The summed E-state index contributed by atoms with van der Waals surface area (Å²) < 4.78 is 26.9. The van der Waals surface area contributed by atoms with Gasteiger partial charge in [0.05, 0.1) is 4.90 Å². The fourth-order valence-corrected chi connectivity index (χ4v) is 4.39. The van der Waals surface area contributed by atoms with Crippen LogP contribution in [0.4, 0.5) is 5.69 Å². The largest absolute Gasteiger partial charge is 0.330 e. The highest BCUT2D eigenvalue weighted by Gasteiger charge is 2.26. The summed E-state index contributed by atoms with van der Waals surface area (Å²) in [5.74, 6) is 0.244. The number of carbonyl (C=O) groups is 1. The smallest absolute Gasteiger partial charge is 0.282 e. The Labute approximate surface area is 174 Å². The van der Waals surface area contributed by atoms with Crippen molar-refractivity contribution < 1.29 is 18.5 Å². The summed E-state index contributed by atoms with van der Waals surface area (Å²) in [5, 5.41) is 4.94. The average Bonchev–Trinajstić information content (AvgIpc) is 2.65. The Bertz CT molecular complexity index is 895. The van der Waals surface area contributed by atoms with E-state index in [-0.39, 0.29) is 28.9 Å². The number of sulfonamides is 1. The van der Waals surface area contributed by atoms with Crippen LogP contribution in [0.2, 0.25) is 0 Å². The van der Waals surface area contributed by atoms with E-state index < -0.39 is 10.0 Å². The van der Waals surface area contributed by atoms with Gasteiger partial charge in [0.15, 0.2) is 6.04 Å². The zero-order chi connectivity index (χ0) is 21.6. The summed E-state index contributed by atoms with van der Waals surface area (Å²) in [7, 11) is -3.55. The maximum absolute atomic E-state index is 12.7. The van der Waals surface area contributed by atoms with Crippen molar-refractivity contribution in [2.24, 2.45) is 5.92 Å². The molecule has 0 heterocycles. The van der Waals surface area contributed by atoms with Gasteiger partial charge in [-0.05, 0) is 45.0 Å². The molecule has 2 aromatic carbocycles. The number of benzene rings is 2. The third-order valence-electron chi connectivity index (χ3n) is 4.64. The van der Waals surface area contributed by atoms with E-state index in [2.05, 4.69) is 41.3 Å². The van der Waals surface area contributed by atoms with Crippen molar-refractivity contribution in [3.05, 3.63) is 60.2 Å². The maximum atomic E-state index is 12.7. The van der Waals surface area contributed by atoms with Crippen LogP contribution < -0.4 is 15.4 Å². The molecule has 0 saturated carbocycles. The van der Waals surface area contributed by atoms with Gasteiger partial charge in [0.25, 0.3) is 5.91 Å². The van der Waals surface area contributed by atoms with Gasteiger partial charge >= 0.3 is 0 Å². The predicted octanol–water partition coefficient (Wildman–Crippen LogP) is 2.66. The number of nitrogens with one attached hydrogen (secondary N) is 2. The normalized spacial score (nSPS) is 14.0. The quantitative estimate of drug-likeness (QED) is 0.585. The first kappa shape index (κ1) is 23.1. The molecule has 7 heteroatoms. The summed E-state index contributed by atoms with van der Waals surface area (Å²) in [4.78, 5) is 12.8. The molecule has 2 aromatic rings. The molecule has 158 valence electrons. The molecule has 4 N–H and O–H groups in total. The molecule has 0 bridgehead atoms. The van der Waals surface area contributed by atoms with Gasteiger partial charge in [-0.3, -0.25) is 4.79 Å². The lowest BCUT2D eigenvalue weighted by atomic mass is 9.95. The average molecular weight is 419 g/mol. The molecule has 0 aliphatic rings. The fourth-order valence-electron chi connectivity index (χ4n) is 3.14. The van der Waals surface area contributed by atoms with Gasteiger partial charge in [-0.15, -0.1) is 0 Å². The molecule has 0 aromatic heterocycles. The van der Waals surface area contributed by atoms with Gasteiger partial charge in [-0.2, -0.15) is 0 Å². The van der Waals surface area contributed by atoms with Crippen LogP contribution in [0.25, 0.3) is 0 Å². The molecular formula is C22H32N3O3S+. The predicted molar refractivity (Wildman–Crippen MR) is 116 cm³/mol. The molecule has 0 radical (unpaired) electrons.